The number of amides is 1. The van der Waals surface area contributed by atoms with Crippen molar-refractivity contribution in [3.8, 4) is 0 Å². The van der Waals surface area contributed by atoms with Crippen molar-refractivity contribution in [1.82, 2.24) is 9.97 Å². The second-order valence-electron chi connectivity index (χ2n) is 3.85. The van der Waals surface area contributed by atoms with Crippen molar-refractivity contribution in [2.45, 2.75) is 6.92 Å². The predicted octanol–water partition coefficient (Wildman–Crippen LogP) is 2.09. The van der Waals surface area contributed by atoms with Crippen LogP contribution in [0.4, 0.5) is 11.5 Å². The number of hydrogen-bond donors (Lipinski definition) is 3. The van der Waals surface area contributed by atoms with Gasteiger partial charge in [-0.2, -0.15) is 0 Å². The zero-order valence-corrected chi connectivity index (χ0v) is 11.7. The lowest BCUT2D eigenvalue weighted by atomic mass is 10.2. The van der Waals surface area contributed by atoms with Crippen molar-refractivity contribution in [3.05, 3.63) is 46.3 Å². The fourth-order valence-electron chi connectivity index (χ4n) is 1.44. The fraction of sp³-hybridized carbons (Fsp3) is 0.0833. The first-order valence-electron chi connectivity index (χ1n) is 5.46. The molecule has 2 rings (SSSR count). The molecule has 1 aromatic heterocycles. The van der Waals surface area contributed by atoms with Crippen LogP contribution in [0.2, 0.25) is 0 Å². The van der Waals surface area contributed by atoms with Gasteiger partial charge in [0.15, 0.2) is 5.82 Å². The first kappa shape index (κ1) is 13.4. The Kier molecular flexibility index (Phi) is 4.08. The minimum atomic E-state index is -0.321. The van der Waals surface area contributed by atoms with Crippen LogP contribution < -0.4 is 16.6 Å². The van der Waals surface area contributed by atoms with Crippen LogP contribution in [0.3, 0.4) is 0 Å². The molecule has 4 N–H and O–H groups in total. The third-order valence-electron chi connectivity index (χ3n) is 2.45. The van der Waals surface area contributed by atoms with E-state index in [0.717, 1.165) is 10.0 Å². The Balaban J connectivity index is 2.13. The molecule has 19 heavy (non-hydrogen) atoms. The molecular weight excluding hydrogens is 310 g/mol. The number of anilines is 2. The summed E-state index contributed by atoms with van der Waals surface area (Å²) in [5.41, 5.74) is 4.30. The number of nitrogens with two attached hydrogens (primary N) is 1. The number of carbonyl (C=O) groups excluding carboxylic acids is 1. The number of aryl methyl sites for hydroxylation is 1. The van der Waals surface area contributed by atoms with Gasteiger partial charge in [0.1, 0.15) is 5.69 Å². The van der Waals surface area contributed by atoms with Crippen LogP contribution in [0.15, 0.2) is 35.1 Å². The summed E-state index contributed by atoms with van der Waals surface area (Å²) in [4.78, 5) is 19.8. The molecule has 0 aliphatic rings. The van der Waals surface area contributed by atoms with Crippen LogP contribution in [0.5, 0.6) is 0 Å². The Morgan fingerprint density at radius 2 is 2.11 bits per heavy atom. The van der Waals surface area contributed by atoms with Crippen molar-refractivity contribution >= 4 is 33.3 Å². The number of hydrogen-bond acceptors (Lipinski definition) is 5. The highest BCUT2D eigenvalue weighted by atomic mass is 79.9. The summed E-state index contributed by atoms with van der Waals surface area (Å²) in [5.74, 6) is 5.25. The Morgan fingerprint density at radius 3 is 2.68 bits per heavy atom. The van der Waals surface area contributed by atoms with Crippen molar-refractivity contribution in [1.29, 1.82) is 0 Å². The van der Waals surface area contributed by atoms with Crippen molar-refractivity contribution in [3.63, 3.8) is 0 Å². The largest absolute Gasteiger partial charge is 0.321 e. The van der Waals surface area contributed by atoms with E-state index in [1.807, 2.05) is 19.1 Å². The van der Waals surface area contributed by atoms with E-state index >= 15 is 0 Å². The first-order chi connectivity index (χ1) is 9.10. The molecule has 2 aromatic rings. The molecule has 98 valence electrons. The number of nitrogens with zero attached hydrogens (tertiary/aromatic N) is 2. The normalized spacial score (nSPS) is 10.1. The van der Waals surface area contributed by atoms with Crippen LogP contribution in [0, 0.1) is 6.92 Å². The maximum absolute atomic E-state index is 11.9. The van der Waals surface area contributed by atoms with Gasteiger partial charge in [0, 0.05) is 10.2 Å². The predicted molar refractivity (Wildman–Crippen MR) is 76.7 cm³/mol. The van der Waals surface area contributed by atoms with E-state index in [9.17, 15) is 4.79 Å². The zero-order chi connectivity index (χ0) is 13.8. The number of nitrogens with one attached hydrogen (secondary N) is 2. The summed E-state index contributed by atoms with van der Waals surface area (Å²) in [5, 5.41) is 2.75. The highest BCUT2D eigenvalue weighted by Crippen LogP contribution is 2.20. The summed E-state index contributed by atoms with van der Waals surface area (Å²) in [6, 6.07) is 5.54. The third kappa shape index (κ3) is 3.27. The maximum Gasteiger partial charge on any atom is 0.275 e. The van der Waals surface area contributed by atoms with Gasteiger partial charge in [-0.1, -0.05) is 15.9 Å². The molecule has 7 heteroatoms. The van der Waals surface area contributed by atoms with Crippen molar-refractivity contribution in [2.75, 3.05) is 10.7 Å². The fourth-order valence-corrected chi connectivity index (χ4v) is 1.68. The van der Waals surface area contributed by atoms with Gasteiger partial charge >= 0.3 is 0 Å². The van der Waals surface area contributed by atoms with Crippen molar-refractivity contribution in [2.24, 2.45) is 5.84 Å². The van der Waals surface area contributed by atoms with E-state index in [0.29, 0.717) is 11.5 Å². The highest BCUT2D eigenvalue weighted by molar-refractivity contribution is 9.10. The summed E-state index contributed by atoms with van der Waals surface area (Å²) in [6.45, 7) is 1.95. The van der Waals surface area contributed by atoms with Gasteiger partial charge in [-0.15, -0.1) is 0 Å². The molecule has 1 aromatic carbocycles. The number of hydrazine groups is 1. The number of aromatic nitrogens is 2. The van der Waals surface area contributed by atoms with Crippen LogP contribution in [-0.4, -0.2) is 15.9 Å². The first-order valence-corrected chi connectivity index (χ1v) is 6.25. The van der Waals surface area contributed by atoms with Crippen LogP contribution in [0.25, 0.3) is 0 Å². The monoisotopic (exact) mass is 321 g/mol. The van der Waals surface area contributed by atoms with E-state index in [4.69, 9.17) is 5.84 Å². The molecule has 1 amide bonds. The third-order valence-corrected chi connectivity index (χ3v) is 3.34. The summed E-state index contributed by atoms with van der Waals surface area (Å²) in [7, 11) is 0. The standard InChI is InChI=1S/C12H12BrN5O/c1-7-4-8(2-3-9(7)13)17-12(19)10-5-16-11(18-14)6-15-10/h2-6H,14H2,1H3,(H,16,18)(H,17,19). The molecule has 0 radical (unpaired) electrons. The maximum atomic E-state index is 11.9. The van der Waals surface area contributed by atoms with Gasteiger partial charge in [-0.3, -0.25) is 4.79 Å². The Bertz CT molecular complexity index is 600. The lowest BCUT2D eigenvalue weighted by molar-refractivity contribution is 0.102. The van der Waals surface area contributed by atoms with E-state index in [1.54, 1.807) is 6.07 Å². The number of benzene rings is 1. The summed E-state index contributed by atoms with van der Waals surface area (Å²) in [6.07, 6.45) is 2.75. The topological polar surface area (TPSA) is 92.9 Å². The SMILES string of the molecule is Cc1cc(NC(=O)c2cnc(NN)cn2)ccc1Br. The summed E-state index contributed by atoms with van der Waals surface area (Å²) >= 11 is 3.40. The molecule has 0 saturated carbocycles. The van der Waals surface area contributed by atoms with Gasteiger partial charge in [0.05, 0.1) is 12.4 Å². The molecule has 0 aliphatic heterocycles. The van der Waals surface area contributed by atoms with Crippen LogP contribution in [-0.2, 0) is 0 Å². The molecule has 0 atom stereocenters. The zero-order valence-electron chi connectivity index (χ0n) is 10.1. The average Bonchev–Trinajstić information content (AvgIpc) is 2.43. The van der Waals surface area contributed by atoms with Crippen molar-refractivity contribution < 1.29 is 4.79 Å². The van der Waals surface area contributed by atoms with Gasteiger partial charge in [-0.25, -0.2) is 15.8 Å². The molecule has 0 unspecified atom stereocenters. The van der Waals surface area contributed by atoms with Crippen LogP contribution in [0.1, 0.15) is 16.1 Å². The molecule has 0 bridgehead atoms. The van der Waals surface area contributed by atoms with E-state index in [-0.39, 0.29) is 11.6 Å². The number of carbonyl (C=O) groups is 1. The lowest BCUT2D eigenvalue weighted by Gasteiger charge is -2.06. The smallest absolute Gasteiger partial charge is 0.275 e. The molecule has 6 nitrogen and oxygen atoms in total. The Hall–Kier alpha value is -1.99. The second-order valence-corrected chi connectivity index (χ2v) is 4.70. The summed E-state index contributed by atoms with van der Waals surface area (Å²) < 4.78 is 0.990. The molecule has 1 heterocycles. The average molecular weight is 322 g/mol. The van der Waals surface area contributed by atoms with Crippen LogP contribution >= 0.6 is 15.9 Å². The van der Waals surface area contributed by atoms with E-state index in [1.165, 1.54) is 12.4 Å². The Labute approximate surface area is 118 Å². The Morgan fingerprint density at radius 1 is 1.32 bits per heavy atom. The molecule has 0 spiro atoms. The molecular formula is C12H12BrN5O. The van der Waals surface area contributed by atoms with Gasteiger partial charge < -0.3 is 10.7 Å². The quantitative estimate of drug-likeness (QED) is 0.594. The minimum Gasteiger partial charge on any atom is -0.321 e. The molecule has 0 aliphatic carbocycles. The molecule has 0 saturated heterocycles. The van der Waals surface area contributed by atoms with Gasteiger partial charge in [0.25, 0.3) is 5.91 Å². The number of halogens is 1. The highest BCUT2D eigenvalue weighted by Gasteiger charge is 2.08. The number of rotatable bonds is 3. The molecule has 0 fully saturated rings. The number of nitrogen functional groups attached to an aromatic ring is 1. The van der Waals surface area contributed by atoms with Gasteiger partial charge in [-0.05, 0) is 30.7 Å². The minimum absolute atomic E-state index is 0.222. The van der Waals surface area contributed by atoms with Gasteiger partial charge in [0.2, 0.25) is 0 Å². The lowest BCUT2D eigenvalue weighted by Crippen LogP contribution is -2.15. The van der Waals surface area contributed by atoms with E-state index in [2.05, 4.69) is 36.6 Å². The van der Waals surface area contributed by atoms with E-state index < -0.39 is 0 Å². The second kappa shape index (κ2) is 5.77.